The summed E-state index contributed by atoms with van der Waals surface area (Å²) >= 11 is 0. The molecule has 3 heteroatoms. The molecule has 0 saturated carbocycles. The van der Waals surface area contributed by atoms with Gasteiger partial charge in [0.25, 0.3) is 0 Å². The molecule has 1 aliphatic rings. The third kappa shape index (κ3) is 3.71. The summed E-state index contributed by atoms with van der Waals surface area (Å²) < 4.78 is 5.15. The summed E-state index contributed by atoms with van der Waals surface area (Å²) in [5.74, 6) is 1.82. The van der Waals surface area contributed by atoms with Gasteiger partial charge in [0.2, 0.25) is 5.91 Å². The quantitative estimate of drug-likeness (QED) is 0.756. The fourth-order valence-electron chi connectivity index (χ4n) is 2.86. The van der Waals surface area contributed by atoms with E-state index >= 15 is 0 Å². The molecule has 0 bridgehead atoms. The van der Waals surface area contributed by atoms with Gasteiger partial charge in [-0.2, -0.15) is 0 Å². The number of amides is 1. The van der Waals surface area contributed by atoms with Crippen molar-refractivity contribution in [2.75, 3.05) is 26.8 Å². The number of ether oxygens (including phenoxy) is 1. The molecule has 0 N–H and O–H groups in total. The molecule has 3 nitrogen and oxygen atoms in total. The summed E-state index contributed by atoms with van der Waals surface area (Å²) in [5, 5.41) is 0. The van der Waals surface area contributed by atoms with Crippen LogP contribution in [0.2, 0.25) is 0 Å². The second-order valence-corrected chi connectivity index (χ2v) is 6.33. The normalized spacial score (nSPS) is 19.9. The first kappa shape index (κ1) is 15.5. The van der Waals surface area contributed by atoms with E-state index in [2.05, 4.69) is 13.8 Å². The highest BCUT2D eigenvalue weighted by Gasteiger charge is 2.34. The Morgan fingerprint density at radius 1 is 1.39 bits per heavy atom. The molecular weight excluding hydrogens is 226 g/mol. The van der Waals surface area contributed by atoms with Crippen molar-refractivity contribution >= 4 is 5.91 Å². The van der Waals surface area contributed by atoms with Crippen molar-refractivity contribution < 1.29 is 9.53 Å². The molecule has 106 valence electrons. The van der Waals surface area contributed by atoms with Crippen LogP contribution in [0.5, 0.6) is 0 Å². The van der Waals surface area contributed by atoms with Crippen LogP contribution >= 0.6 is 0 Å². The fourth-order valence-corrected chi connectivity index (χ4v) is 2.86. The molecule has 0 aromatic carbocycles. The van der Waals surface area contributed by atoms with Crippen LogP contribution in [-0.2, 0) is 9.53 Å². The summed E-state index contributed by atoms with van der Waals surface area (Å²) in [5.41, 5.74) is -0.391. The van der Waals surface area contributed by atoms with E-state index in [0.717, 1.165) is 37.8 Å². The maximum absolute atomic E-state index is 12.4. The summed E-state index contributed by atoms with van der Waals surface area (Å²) in [6.07, 6.45) is 3.56. The predicted molar refractivity (Wildman–Crippen MR) is 74.4 cm³/mol. The largest absolute Gasteiger partial charge is 0.384 e. The first-order chi connectivity index (χ1) is 8.42. The summed E-state index contributed by atoms with van der Waals surface area (Å²) in [4.78, 5) is 14.4. The average molecular weight is 255 g/mol. The Morgan fingerprint density at radius 3 is 2.39 bits per heavy atom. The van der Waals surface area contributed by atoms with E-state index in [-0.39, 0.29) is 5.91 Å². The topological polar surface area (TPSA) is 29.5 Å². The second kappa shape index (κ2) is 6.55. The number of hydrogen-bond acceptors (Lipinski definition) is 2. The molecule has 0 spiro atoms. The van der Waals surface area contributed by atoms with Crippen LogP contribution in [0.15, 0.2) is 0 Å². The molecule has 0 aromatic heterocycles. The lowest BCUT2D eigenvalue weighted by atomic mass is 9.83. The lowest BCUT2D eigenvalue weighted by molar-refractivity contribution is -0.144. The van der Waals surface area contributed by atoms with Gasteiger partial charge >= 0.3 is 0 Å². The van der Waals surface area contributed by atoms with Gasteiger partial charge < -0.3 is 9.64 Å². The van der Waals surface area contributed by atoms with Crippen molar-refractivity contribution in [2.24, 2.45) is 17.3 Å². The highest BCUT2D eigenvalue weighted by molar-refractivity contribution is 5.82. The number of carbonyl (C=O) groups is 1. The van der Waals surface area contributed by atoms with Crippen molar-refractivity contribution in [3.05, 3.63) is 0 Å². The van der Waals surface area contributed by atoms with Gasteiger partial charge in [-0.05, 0) is 38.5 Å². The van der Waals surface area contributed by atoms with Gasteiger partial charge in [-0.15, -0.1) is 0 Å². The molecule has 1 rings (SSSR count). The zero-order chi connectivity index (χ0) is 13.8. The summed E-state index contributed by atoms with van der Waals surface area (Å²) in [6.45, 7) is 10.9. The van der Waals surface area contributed by atoms with Crippen LogP contribution in [0.25, 0.3) is 0 Å². The Kier molecular flexibility index (Phi) is 5.64. The van der Waals surface area contributed by atoms with Gasteiger partial charge in [0.1, 0.15) is 0 Å². The monoisotopic (exact) mass is 255 g/mol. The molecule has 1 amide bonds. The van der Waals surface area contributed by atoms with E-state index in [1.807, 2.05) is 18.7 Å². The molecule has 1 aliphatic heterocycles. The van der Waals surface area contributed by atoms with Crippen LogP contribution in [0.4, 0.5) is 0 Å². The first-order valence-corrected chi connectivity index (χ1v) is 7.20. The van der Waals surface area contributed by atoms with Crippen molar-refractivity contribution in [3.63, 3.8) is 0 Å². The predicted octanol–water partition coefficient (Wildman–Crippen LogP) is 2.94. The lowest BCUT2D eigenvalue weighted by Gasteiger charge is -2.38. The van der Waals surface area contributed by atoms with E-state index in [1.165, 1.54) is 6.42 Å². The number of hydrogen-bond donors (Lipinski definition) is 0. The minimum Gasteiger partial charge on any atom is -0.384 e. The smallest absolute Gasteiger partial charge is 0.230 e. The summed E-state index contributed by atoms with van der Waals surface area (Å²) in [6, 6.07) is 0. The molecular formula is C15H29NO2. The van der Waals surface area contributed by atoms with Crippen molar-refractivity contribution in [1.82, 2.24) is 4.90 Å². The van der Waals surface area contributed by atoms with Gasteiger partial charge in [-0.3, -0.25) is 4.79 Å². The number of nitrogens with zero attached hydrogens (tertiary/aromatic N) is 1. The van der Waals surface area contributed by atoms with Crippen LogP contribution in [0.3, 0.4) is 0 Å². The van der Waals surface area contributed by atoms with Crippen molar-refractivity contribution in [1.29, 1.82) is 0 Å². The fraction of sp³-hybridized carbons (Fsp3) is 0.933. The molecule has 1 fully saturated rings. The molecule has 1 unspecified atom stereocenters. The minimum absolute atomic E-state index is 0.243. The molecule has 1 heterocycles. The van der Waals surface area contributed by atoms with Crippen LogP contribution in [0, 0.1) is 17.3 Å². The Hall–Kier alpha value is -0.570. The second-order valence-electron chi connectivity index (χ2n) is 6.33. The number of rotatable bonds is 5. The van der Waals surface area contributed by atoms with Gasteiger partial charge in [0, 0.05) is 20.2 Å². The van der Waals surface area contributed by atoms with E-state index in [0.29, 0.717) is 6.61 Å². The van der Waals surface area contributed by atoms with Gasteiger partial charge in [0.05, 0.1) is 12.0 Å². The van der Waals surface area contributed by atoms with Gasteiger partial charge in [0.15, 0.2) is 0 Å². The minimum atomic E-state index is -0.391. The number of piperidine rings is 1. The maximum Gasteiger partial charge on any atom is 0.230 e. The first-order valence-electron chi connectivity index (χ1n) is 7.20. The molecule has 18 heavy (non-hydrogen) atoms. The van der Waals surface area contributed by atoms with E-state index in [9.17, 15) is 4.79 Å². The van der Waals surface area contributed by atoms with Crippen LogP contribution < -0.4 is 0 Å². The standard InChI is InChI=1S/C15H29NO2/c1-6-12(2)13-7-9-16(10-8-13)14(17)15(3,4)11-18-5/h12-13H,6-11H2,1-5H3. The number of carbonyl (C=O) groups excluding carboxylic acids is 1. The zero-order valence-corrected chi connectivity index (χ0v) is 12.7. The van der Waals surface area contributed by atoms with Gasteiger partial charge in [-0.1, -0.05) is 20.3 Å². The molecule has 0 aromatic rings. The SMILES string of the molecule is CCC(C)C1CCN(C(=O)C(C)(C)COC)CC1. The van der Waals surface area contributed by atoms with Crippen LogP contribution in [-0.4, -0.2) is 37.6 Å². The van der Waals surface area contributed by atoms with E-state index in [1.54, 1.807) is 7.11 Å². The Labute approximate surface area is 112 Å². The van der Waals surface area contributed by atoms with Crippen LogP contribution in [0.1, 0.15) is 47.0 Å². The Bertz CT molecular complexity index is 268. The third-order valence-electron chi connectivity index (χ3n) is 4.36. The molecule has 0 radical (unpaired) electrons. The highest BCUT2D eigenvalue weighted by Crippen LogP contribution is 2.29. The van der Waals surface area contributed by atoms with Gasteiger partial charge in [-0.25, -0.2) is 0 Å². The maximum atomic E-state index is 12.4. The Balaban J connectivity index is 2.50. The molecule has 1 atom stereocenters. The number of likely N-dealkylation sites (tertiary alicyclic amines) is 1. The zero-order valence-electron chi connectivity index (χ0n) is 12.7. The lowest BCUT2D eigenvalue weighted by Crippen LogP contribution is -2.47. The van der Waals surface area contributed by atoms with E-state index < -0.39 is 5.41 Å². The molecule has 0 aliphatic carbocycles. The number of methoxy groups -OCH3 is 1. The third-order valence-corrected chi connectivity index (χ3v) is 4.36. The van der Waals surface area contributed by atoms with Crippen molar-refractivity contribution in [2.45, 2.75) is 47.0 Å². The highest BCUT2D eigenvalue weighted by atomic mass is 16.5. The Morgan fingerprint density at radius 2 is 1.94 bits per heavy atom. The summed E-state index contributed by atoms with van der Waals surface area (Å²) in [7, 11) is 1.66. The average Bonchev–Trinajstić information content (AvgIpc) is 2.37. The molecule has 1 saturated heterocycles. The van der Waals surface area contributed by atoms with E-state index in [4.69, 9.17) is 4.74 Å². The van der Waals surface area contributed by atoms with Crippen molar-refractivity contribution in [3.8, 4) is 0 Å².